The monoisotopic (exact) mass is 509 g/mol. The van der Waals surface area contributed by atoms with E-state index in [9.17, 15) is 13.2 Å². The van der Waals surface area contributed by atoms with Crippen molar-refractivity contribution in [2.75, 3.05) is 0 Å². The van der Waals surface area contributed by atoms with E-state index in [1.807, 2.05) is 24.3 Å². The molecule has 7 nitrogen and oxygen atoms in total. The minimum atomic E-state index is -4.53. The Balaban J connectivity index is 1.33. The molecule has 5 aromatic heterocycles. The lowest BCUT2D eigenvalue weighted by molar-refractivity contribution is -0.141. The van der Waals surface area contributed by atoms with Crippen LogP contribution < -0.4 is 4.74 Å². The molecular formula is C25H18F3N5O2S. The van der Waals surface area contributed by atoms with Crippen LogP contribution in [-0.2, 0) is 19.2 Å². The molecule has 0 aliphatic rings. The summed E-state index contributed by atoms with van der Waals surface area (Å²) in [5.41, 5.74) is 1.77. The normalized spacial score (nSPS) is 12.2. The number of furan rings is 1. The maximum absolute atomic E-state index is 13.3. The minimum Gasteiger partial charge on any atom is -0.486 e. The molecule has 0 atom stereocenters. The van der Waals surface area contributed by atoms with Gasteiger partial charge in [0.25, 0.3) is 0 Å². The number of benzene rings is 1. The van der Waals surface area contributed by atoms with Gasteiger partial charge in [-0.3, -0.25) is 0 Å². The van der Waals surface area contributed by atoms with Crippen molar-refractivity contribution in [1.82, 2.24) is 24.6 Å². The number of aromatic nitrogens is 5. The van der Waals surface area contributed by atoms with E-state index >= 15 is 0 Å². The lowest BCUT2D eigenvalue weighted by Crippen LogP contribution is -2.07. The van der Waals surface area contributed by atoms with Crippen molar-refractivity contribution in [3.63, 3.8) is 0 Å². The summed E-state index contributed by atoms with van der Waals surface area (Å²) in [5.74, 6) is 2.13. The third-order valence-corrected chi connectivity index (χ3v) is 6.92. The van der Waals surface area contributed by atoms with Gasteiger partial charge in [0.2, 0.25) is 5.82 Å². The Hall–Kier alpha value is -3.99. The minimum absolute atomic E-state index is 0.243. The van der Waals surface area contributed by atoms with Crippen LogP contribution in [-0.4, -0.2) is 24.6 Å². The smallest absolute Gasteiger partial charge is 0.433 e. The summed E-state index contributed by atoms with van der Waals surface area (Å²) < 4.78 is 53.6. The first-order valence-corrected chi connectivity index (χ1v) is 11.9. The molecule has 182 valence electrons. The van der Waals surface area contributed by atoms with Crippen molar-refractivity contribution >= 4 is 37.4 Å². The number of hydrogen-bond acceptors (Lipinski definition) is 7. The molecule has 0 N–H and O–H groups in total. The fourth-order valence-corrected chi connectivity index (χ4v) is 5.19. The van der Waals surface area contributed by atoms with E-state index in [1.54, 1.807) is 19.1 Å². The van der Waals surface area contributed by atoms with Crippen LogP contribution in [0, 0.1) is 6.92 Å². The van der Waals surface area contributed by atoms with Crippen LogP contribution in [0.25, 0.3) is 37.7 Å². The molecule has 0 unspecified atom stereocenters. The fourth-order valence-electron chi connectivity index (χ4n) is 4.01. The average molecular weight is 510 g/mol. The molecule has 0 aliphatic heterocycles. The lowest BCUT2D eigenvalue weighted by Gasteiger charge is -2.06. The predicted molar refractivity (Wildman–Crippen MR) is 129 cm³/mol. The Morgan fingerprint density at radius 1 is 1.08 bits per heavy atom. The summed E-state index contributed by atoms with van der Waals surface area (Å²) in [5, 5.41) is 5.03. The molecule has 6 aromatic rings. The highest BCUT2D eigenvalue weighted by Crippen LogP contribution is 2.38. The van der Waals surface area contributed by atoms with Gasteiger partial charge in [-0.1, -0.05) is 19.1 Å². The molecule has 0 spiro atoms. The zero-order valence-electron chi connectivity index (χ0n) is 19.1. The second kappa shape index (κ2) is 8.30. The number of aryl methyl sites for hydroxylation is 2. The summed E-state index contributed by atoms with van der Waals surface area (Å²) in [6.45, 7) is 3.96. The predicted octanol–water partition coefficient (Wildman–Crippen LogP) is 6.62. The summed E-state index contributed by atoms with van der Waals surface area (Å²) in [7, 11) is 0. The standard InChI is InChI=1S/C25H18F3N5O2S/c1-3-14-4-6-15(7-5-14)34-11-16-8-9-17(35-16)22-31-23-21-20(29-12-33(23)32-22)19-13(2)10-18(25(26,27)28)30-24(19)36-21/h4-10,12H,3,11H2,1-2H3. The van der Waals surface area contributed by atoms with Gasteiger partial charge in [-0.05, 0) is 54.8 Å². The maximum Gasteiger partial charge on any atom is 0.433 e. The molecule has 6 rings (SSSR count). The highest BCUT2D eigenvalue weighted by molar-refractivity contribution is 7.26. The first-order valence-electron chi connectivity index (χ1n) is 11.1. The number of hydrogen-bond donors (Lipinski definition) is 0. The molecule has 5 heterocycles. The Morgan fingerprint density at radius 3 is 2.64 bits per heavy atom. The van der Waals surface area contributed by atoms with Crippen molar-refractivity contribution in [3.05, 3.63) is 71.4 Å². The summed E-state index contributed by atoms with van der Waals surface area (Å²) in [6, 6.07) is 12.5. The van der Waals surface area contributed by atoms with Crippen LogP contribution >= 0.6 is 11.3 Å². The van der Waals surface area contributed by atoms with Gasteiger partial charge in [0.05, 0.1) is 5.52 Å². The van der Waals surface area contributed by atoms with Crippen LogP contribution in [0.5, 0.6) is 5.75 Å². The van der Waals surface area contributed by atoms with Gasteiger partial charge >= 0.3 is 6.18 Å². The second-order valence-corrected chi connectivity index (χ2v) is 9.28. The van der Waals surface area contributed by atoms with Crippen LogP contribution in [0.4, 0.5) is 13.2 Å². The lowest BCUT2D eigenvalue weighted by atomic mass is 10.1. The van der Waals surface area contributed by atoms with Crippen molar-refractivity contribution in [3.8, 4) is 17.3 Å². The third kappa shape index (κ3) is 3.85. The molecule has 0 fully saturated rings. The number of thiophene rings is 1. The SMILES string of the molecule is CCc1ccc(OCc2ccc(-c3nc4c5sc6nc(C(F)(F)F)cc(C)c6c5ncn4n3)o2)cc1. The van der Waals surface area contributed by atoms with Crippen molar-refractivity contribution < 1.29 is 22.3 Å². The Labute approximate surface area is 206 Å². The molecule has 0 radical (unpaired) electrons. The van der Waals surface area contributed by atoms with E-state index in [4.69, 9.17) is 9.15 Å². The van der Waals surface area contributed by atoms with Gasteiger partial charge in [-0.25, -0.2) is 19.5 Å². The van der Waals surface area contributed by atoms with Crippen LogP contribution in [0.1, 0.15) is 29.5 Å². The fraction of sp³-hybridized carbons (Fsp3) is 0.200. The number of nitrogens with zero attached hydrogens (tertiary/aromatic N) is 5. The van der Waals surface area contributed by atoms with Crippen molar-refractivity contribution in [2.45, 2.75) is 33.1 Å². The van der Waals surface area contributed by atoms with Crippen molar-refractivity contribution in [1.29, 1.82) is 0 Å². The number of rotatable bonds is 5. The molecule has 0 saturated heterocycles. The van der Waals surface area contributed by atoms with Gasteiger partial charge < -0.3 is 9.15 Å². The topological polar surface area (TPSA) is 78.3 Å². The molecule has 11 heteroatoms. The first kappa shape index (κ1) is 22.5. The van der Waals surface area contributed by atoms with E-state index in [-0.39, 0.29) is 11.4 Å². The zero-order chi connectivity index (χ0) is 25.0. The molecule has 0 amide bonds. The Morgan fingerprint density at radius 2 is 1.89 bits per heavy atom. The summed E-state index contributed by atoms with van der Waals surface area (Å²) in [6.07, 6.45) is -2.08. The van der Waals surface area contributed by atoms with Crippen molar-refractivity contribution in [2.24, 2.45) is 0 Å². The molecule has 0 saturated carbocycles. The van der Waals surface area contributed by atoms with Crippen LogP contribution in [0.3, 0.4) is 0 Å². The highest BCUT2D eigenvalue weighted by atomic mass is 32.1. The van der Waals surface area contributed by atoms with E-state index in [1.165, 1.54) is 16.4 Å². The van der Waals surface area contributed by atoms with Gasteiger partial charge in [-0.2, -0.15) is 13.2 Å². The van der Waals surface area contributed by atoms with E-state index < -0.39 is 11.9 Å². The van der Waals surface area contributed by atoms with Gasteiger partial charge in [0.1, 0.15) is 39.7 Å². The average Bonchev–Trinajstić information content (AvgIpc) is 3.58. The molecule has 0 aliphatic carbocycles. The van der Waals surface area contributed by atoms with Gasteiger partial charge in [0.15, 0.2) is 11.4 Å². The van der Waals surface area contributed by atoms with Crippen LogP contribution in [0.15, 0.2) is 53.2 Å². The summed E-state index contributed by atoms with van der Waals surface area (Å²) >= 11 is 1.11. The van der Waals surface area contributed by atoms with E-state index in [0.717, 1.165) is 29.6 Å². The number of ether oxygens (including phenoxy) is 1. The number of halogens is 3. The molecular weight excluding hydrogens is 491 g/mol. The highest BCUT2D eigenvalue weighted by Gasteiger charge is 2.33. The zero-order valence-corrected chi connectivity index (χ0v) is 19.9. The maximum atomic E-state index is 13.3. The van der Waals surface area contributed by atoms with Gasteiger partial charge in [-0.15, -0.1) is 16.4 Å². The van der Waals surface area contributed by atoms with Crippen LogP contribution in [0.2, 0.25) is 0 Å². The van der Waals surface area contributed by atoms with Gasteiger partial charge in [0, 0.05) is 5.39 Å². The molecule has 1 aromatic carbocycles. The Kier molecular flexibility index (Phi) is 5.18. The number of fused-ring (bicyclic) bond motifs is 5. The van der Waals surface area contributed by atoms with E-state index in [2.05, 4.69) is 27.0 Å². The Bertz CT molecular complexity index is 1730. The number of pyridine rings is 1. The molecule has 0 bridgehead atoms. The summed E-state index contributed by atoms with van der Waals surface area (Å²) in [4.78, 5) is 13.1. The second-order valence-electron chi connectivity index (χ2n) is 8.28. The largest absolute Gasteiger partial charge is 0.486 e. The molecule has 36 heavy (non-hydrogen) atoms. The quantitative estimate of drug-likeness (QED) is 0.260. The third-order valence-electron chi connectivity index (χ3n) is 5.85. The number of alkyl halides is 3. The van der Waals surface area contributed by atoms with E-state index in [0.29, 0.717) is 44.2 Å². The first-order chi connectivity index (χ1) is 17.3.